The molecule has 2 amide bonds. The van der Waals surface area contributed by atoms with Gasteiger partial charge in [-0.3, -0.25) is 25.2 Å². The summed E-state index contributed by atoms with van der Waals surface area (Å²) in [5, 5.41) is 0. The summed E-state index contributed by atoms with van der Waals surface area (Å²) in [6.45, 7) is 3.51. The van der Waals surface area contributed by atoms with E-state index in [-0.39, 0.29) is 5.92 Å². The summed E-state index contributed by atoms with van der Waals surface area (Å²) in [6.07, 6.45) is 0.800. The van der Waals surface area contributed by atoms with Crippen LogP contribution in [0.3, 0.4) is 0 Å². The Morgan fingerprint density at radius 3 is 2.11 bits per heavy atom. The van der Waals surface area contributed by atoms with Crippen molar-refractivity contribution in [2.75, 3.05) is 6.61 Å². The molecule has 0 saturated carbocycles. The van der Waals surface area contributed by atoms with Gasteiger partial charge in [-0.15, -0.1) is 0 Å². The van der Waals surface area contributed by atoms with Crippen LogP contribution in [0.15, 0.2) is 60.7 Å². The highest BCUT2D eigenvalue weighted by Gasteiger charge is 2.27. The Kier molecular flexibility index (Phi) is 7.55. The second-order valence-electron chi connectivity index (χ2n) is 6.25. The van der Waals surface area contributed by atoms with Crippen molar-refractivity contribution in [1.29, 1.82) is 0 Å². The van der Waals surface area contributed by atoms with Crippen LogP contribution in [-0.2, 0) is 14.3 Å². The second kappa shape index (κ2) is 10.1. The number of nitrogens with one attached hydrogen (secondary N) is 2. The Bertz CT molecular complexity index is 762. The van der Waals surface area contributed by atoms with Crippen molar-refractivity contribution in [2.45, 2.75) is 26.2 Å². The number of carbonyl (C=O) groups is 3. The Morgan fingerprint density at radius 1 is 0.926 bits per heavy atom. The summed E-state index contributed by atoms with van der Waals surface area (Å²) in [4.78, 5) is 36.3. The summed E-state index contributed by atoms with van der Waals surface area (Å²) in [6, 6.07) is 17.8. The van der Waals surface area contributed by atoms with Crippen LogP contribution in [0.25, 0.3) is 0 Å². The Balaban J connectivity index is 1.87. The van der Waals surface area contributed by atoms with Crippen molar-refractivity contribution in [2.24, 2.45) is 5.92 Å². The van der Waals surface area contributed by atoms with E-state index in [1.807, 2.05) is 44.2 Å². The fourth-order valence-electron chi connectivity index (χ4n) is 2.64. The minimum Gasteiger partial charge on any atom is -0.455 e. The molecular weight excluding hydrogens is 344 g/mol. The highest BCUT2D eigenvalue weighted by atomic mass is 16.5. The molecule has 0 spiro atoms. The molecule has 0 fully saturated rings. The van der Waals surface area contributed by atoms with E-state index >= 15 is 0 Å². The zero-order valence-corrected chi connectivity index (χ0v) is 15.5. The van der Waals surface area contributed by atoms with Crippen LogP contribution in [0.5, 0.6) is 0 Å². The molecule has 142 valence electrons. The van der Waals surface area contributed by atoms with E-state index in [1.165, 1.54) is 0 Å². The first-order valence-electron chi connectivity index (χ1n) is 8.88. The maximum Gasteiger partial charge on any atom is 0.314 e. The smallest absolute Gasteiger partial charge is 0.314 e. The predicted molar refractivity (Wildman–Crippen MR) is 102 cm³/mol. The molecule has 0 bridgehead atoms. The highest BCUT2D eigenvalue weighted by Crippen LogP contribution is 2.28. The number of amides is 2. The summed E-state index contributed by atoms with van der Waals surface area (Å²) in [5.41, 5.74) is 5.80. The van der Waals surface area contributed by atoms with E-state index in [9.17, 15) is 14.4 Å². The maximum atomic E-state index is 12.5. The number of hydrogen-bond acceptors (Lipinski definition) is 4. The van der Waals surface area contributed by atoms with Gasteiger partial charge >= 0.3 is 5.97 Å². The lowest BCUT2D eigenvalue weighted by atomic mass is 9.86. The minimum atomic E-state index is -0.608. The first-order chi connectivity index (χ1) is 13.0. The van der Waals surface area contributed by atoms with Gasteiger partial charge in [-0.25, -0.2) is 0 Å². The molecule has 0 aliphatic carbocycles. The summed E-state index contributed by atoms with van der Waals surface area (Å²) in [5.74, 6) is -1.88. The largest absolute Gasteiger partial charge is 0.455 e. The summed E-state index contributed by atoms with van der Waals surface area (Å²) < 4.78 is 5.18. The molecule has 0 aliphatic rings. The van der Waals surface area contributed by atoms with Crippen molar-refractivity contribution in [3.8, 4) is 0 Å². The van der Waals surface area contributed by atoms with Gasteiger partial charge in [-0.05, 0) is 23.6 Å². The van der Waals surface area contributed by atoms with Crippen LogP contribution >= 0.6 is 0 Å². The molecule has 2 atom stereocenters. The first-order valence-corrected chi connectivity index (χ1v) is 8.88. The molecule has 2 aromatic carbocycles. The standard InChI is InChI=1S/C21H24N2O4/c1-3-15(2)19(16-10-6-4-7-11-16)21(26)27-14-18(24)22-23-20(25)17-12-8-5-9-13-17/h4-13,15,19H,3,14H2,1-2H3,(H,22,24)(H,23,25)/t15-,19-/m1/s1. The summed E-state index contributed by atoms with van der Waals surface area (Å²) in [7, 11) is 0. The fraction of sp³-hybridized carbons (Fsp3) is 0.286. The van der Waals surface area contributed by atoms with E-state index in [4.69, 9.17) is 4.74 Å². The molecule has 0 aromatic heterocycles. The van der Waals surface area contributed by atoms with Crippen molar-refractivity contribution in [3.05, 3.63) is 71.8 Å². The predicted octanol–water partition coefficient (Wildman–Crippen LogP) is 2.82. The van der Waals surface area contributed by atoms with Gasteiger partial charge in [0.25, 0.3) is 11.8 Å². The van der Waals surface area contributed by atoms with Crippen LogP contribution in [-0.4, -0.2) is 24.4 Å². The Morgan fingerprint density at radius 2 is 1.52 bits per heavy atom. The molecule has 0 heterocycles. The second-order valence-corrected chi connectivity index (χ2v) is 6.25. The number of hydrogen-bond donors (Lipinski definition) is 2. The molecule has 0 unspecified atom stereocenters. The van der Waals surface area contributed by atoms with Crippen molar-refractivity contribution < 1.29 is 19.1 Å². The SMILES string of the molecule is CC[C@@H](C)[C@@H](C(=O)OCC(=O)NNC(=O)c1ccccc1)c1ccccc1. The lowest BCUT2D eigenvalue weighted by Gasteiger charge is -2.21. The van der Waals surface area contributed by atoms with E-state index < -0.39 is 30.3 Å². The van der Waals surface area contributed by atoms with Gasteiger partial charge in [-0.2, -0.15) is 0 Å². The van der Waals surface area contributed by atoms with Gasteiger partial charge in [0, 0.05) is 5.56 Å². The minimum absolute atomic E-state index is 0.0701. The van der Waals surface area contributed by atoms with E-state index in [1.54, 1.807) is 30.3 Å². The van der Waals surface area contributed by atoms with Gasteiger partial charge in [0.1, 0.15) is 0 Å². The van der Waals surface area contributed by atoms with Gasteiger partial charge in [-0.1, -0.05) is 68.8 Å². The summed E-state index contributed by atoms with van der Waals surface area (Å²) >= 11 is 0. The molecule has 6 nitrogen and oxygen atoms in total. The molecule has 2 N–H and O–H groups in total. The lowest BCUT2D eigenvalue weighted by molar-refractivity contribution is -0.151. The molecular formula is C21H24N2O4. The Labute approximate surface area is 158 Å². The average molecular weight is 368 g/mol. The zero-order valence-electron chi connectivity index (χ0n) is 15.5. The molecule has 2 aromatic rings. The topological polar surface area (TPSA) is 84.5 Å². The van der Waals surface area contributed by atoms with Crippen molar-refractivity contribution in [1.82, 2.24) is 10.9 Å². The number of rotatable bonds is 7. The lowest BCUT2D eigenvalue weighted by Crippen LogP contribution is -2.43. The molecule has 0 aliphatic heterocycles. The van der Waals surface area contributed by atoms with Crippen LogP contribution in [0, 0.1) is 5.92 Å². The molecule has 0 radical (unpaired) electrons. The van der Waals surface area contributed by atoms with Crippen LogP contribution in [0.1, 0.15) is 42.1 Å². The van der Waals surface area contributed by atoms with E-state index in [0.717, 1.165) is 12.0 Å². The maximum absolute atomic E-state index is 12.5. The van der Waals surface area contributed by atoms with Crippen molar-refractivity contribution >= 4 is 17.8 Å². The van der Waals surface area contributed by atoms with Gasteiger partial charge in [0.05, 0.1) is 5.92 Å². The monoisotopic (exact) mass is 368 g/mol. The Hall–Kier alpha value is -3.15. The van der Waals surface area contributed by atoms with E-state index in [0.29, 0.717) is 5.56 Å². The number of benzene rings is 2. The zero-order chi connectivity index (χ0) is 19.6. The number of hydrazine groups is 1. The molecule has 27 heavy (non-hydrogen) atoms. The molecule has 6 heteroatoms. The molecule has 0 saturated heterocycles. The normalized spacial score (nSPS) is 12.5. The third-order valence-electron chi connectivity index (χ3n) is 4.32. The average Bonchev–Trinajstić information content (AvgIpc) is 2.71. The number of carbonyl (C=O) groups excluding carboxylic acids is 3. The van der Waals surface area contributed by atoms with Gasteiger partial charge in [0.15, 0.2) is 6.61 Å². The fourth-order valence-corrected chi connectivity index (χ4v) is 2.64. The van der Waals surface area contributed by atoms with Crippen molar-refractivity contribution in [3.63, 3.8) is 0 Å². The quantitative estimate of drug-likeness (QED) is 0.581. The van der Waals surface area contributed by atoms with Crippen LogP contribution in [0.4, 0.5) is 0 Å². The van der Waals surface area contributed by atoms with Crippen LogP contribution < -0.4 is 10.9 Å². The van der Waals surface area contributed by atoms with Crippen LogP contribution in [0.2, 0.25) is 0 Å². The highest BCUT2D eigenvalue weighted by molar-refractivity contribution is 5.95. The van der Waals surface area contributed by atoms with E-state index in [2.05, 4.69) is 10.9 Å². The molecule has 2 rings (SSSR count). The third kappa shape index (κ3) is 5.95. The van der Waals surface area contributed by atoms with Gasteiger partial charge in [0.2, 0.25) is 0 Å². The van der Waals surface area contributed by atoms with Gasteiger partial charge < -0.3 is 4.74 Å². The first kappa shape index (κ1) is 20.2. The number of esters is 1. The number of ether oxygens (including phenoxy) is 1. The third-order valence-corrected chi connectivity index (χ3v) is 4.32.